The summed E-state index contributed by atoms with van der Waals surface area (Å²) in [4.78, 5) is 17.7. The Morgan fingerprint density at radius 3 is 2.18 bits per heavy atom. The molecule has 3 rings (SSSR count). The van der Waals surface area contributed by atoms with Gasteiger partial charge in [0.2, 0.25) is 0 Å². The van der Waals surface area contributed by atoms with E-state index in [1.807, 2.05) is 49.4 Å². The van der Waals surface area contributed by atoms with Gasteiger partial charge in [-0.25, -0.2) is 0 Å². The van der Waals surface area contributed by atoms with Gasteiger partial charge in [0.05, 0.1) is 5.56 Å². The number of hydrogen-bond donors (Lipinski definition) is 0. The van der Waals surface area contributed by atoms with Gasteiger partial charge in [-0.3, -0.25) is 4.79 Å². The smallest absolute Gasteiger partial charge is 0.332 e. The Morgan fingerprint density at radius 1 is 0.912 bits per heavy atom. The molecule has 1 amide bonds. The molecule has 6 heteroatoms. The van der Waals surface area contributed by atoms with Gasteiger partial charge in [-0.15, -0.1) is 0 Å². The van der Waals surface area contributed by atoms with Crippen molar-refractivity contribution in [1.82, 2.24) is 9.80 Å². The van der Waals surface area contributed by atoms with Crippen molar-refractivity contribution in [2.75, 3.05) is 19.6 Å². The average Bonchev–Trinajstić information content (AvgIpc) is 2.84. The summed E-state index contributed by atoms with van der Waals surface area (Å²) in [5.74, 6) is -0.110. The van der Waals surface area contributed by atoms with Crippen LogP contribution in [0.15, 0.2) is 66.7 Å². The Labute approximate surface area is 200 Å². The highest BCUT2D eigenvalue weighted by molar-refractivity contribution is 5.98. The molecular weight excluding hydrogens is 437 g/mol. The van der Waals surface area contributed by atoms with Crippen molar-refractivity contribution in [3.05, 3.63) is 83.4 Å². The van der Waals surface area contributed by atoms with Crippen molar-refractivity contribution in [1.29, 1.82) is 0 Å². The van der Waals surface area contributed by atoms with E-state index in [-0.39, 0.29) is 18.5 Å². The SMILES string of the molecule is CCN(CC)CCCC(C)N(Cc1ccc(C(F)(F)F)cc1)C(=O)c1ccc2ccccc2c1. The van der Waals surface area contributed by atoms with E-state index in [2.05, 4.69) is 18.7 Å². The lowest BCUT2D eigenvalue weighted by Gasteiger charge is -2.30. The summed E-state index contributed by atoms with van der Waals surface area (Å²) in [6.07, 6.45) is -2.62. The quantitative estimate of drug-likeness (QED) is 0.318. The molecule has 0 bridgehead atoms. The van der Waals surface area contributed by atoms with Gasteiger partial charge in [0, 0.05) is 18.2 Å². The lowest BCUT2D eigenvalue weighted by atomic mass is 10.0. The molecule has 182 valence electrons. The highest BCUT2D eigenvalue weighted by atomic mass is 19.4. The minimum atomic E-state index is -4.38. The molecule has 34 heavy (non-hydrogen) atoms. The Balaban J connectivity index is 1.83. The second-order valence-corrected chi connectivity index (χ2v) is 8.71. The van der Waals surface area contributed by atoms with Gasteiger partial charge < -0.3 is 9.80 Å². The fourth-order valence-corrected chi connectivity index (χ4v) is 4.22. The summed E-state index contributed by atoms with van der Waals surface area (Å²) < 4.78 is 38.9. The van der Waals surface area contributed by atoms with Crippen LogP contribution in [0.25, 0.3) is 10.8 Å². The van der Waals surface area contributed by atoms with Crippen LogP contribution in [0.2, 0.25) is 0 Å². The zero-order valence-electron chi connectivity index (χ0n) is 20.1. The molecule has 0 radical (unpaired) electrons. The number of benzene rings is 3. The summed E-state index contributed by atoms with van der Waals surface area (Å²) in [6, 6.07) is 18.6. The topological polar surface area (TPSA) is 23.6 Å². The number of carbonyl (C=O) groups is 1. The summed E-state index contributed by atoms with van der Waals surface area (Å²) in [6.45, 7) is 9.46. The van der Waals surface area contributed by atoms with Crippen LogP contribution in [0, 0.1) is 0 Å². The number of hydrogen-bond acceptors (Lipinski definition) is 2. The molecule has 0 aromatic heterocycles. The largest absolute Gasteiger partial charge is 0.416 e. The number of rotatable bonds is 10. The van der Waals surface area contributed by atoms with Crippen LogP contribution in [-0.4, -0.2) is 41.4 Å². The molecule has 3 aromatic rings. The minimum absolute atomic E-state index is 0.0585. The monoisotopic (exact) mass is 470 g/mol. The van der Waals surface area contributed by atoms with Crippen LogP contribution < -0.4 is 0 Å². The van der Waals surface area contributed by atoms with Crippen molar-refractivity contribution < 1.29 is 18.0 Å². The van der Waals surface area contributed by atoms with E-state index >= 15 is 0 Å². The molecule has 1 atom stereocenters. The highest BCUT2D eigenvalue weighted by Gasteiger charge is 2.30. The summed E-state index contributed by atoms with van der Waals surface area (Å²) in [5, 5.41) is 2.04. The fourth-order valence-electron chi connectivity index (χ4n) is 4.22. The van der Waals surface area contributed by atoms with Crippen molar-refractivity contribution in [2.45, 2.75) is 52.4 Å². The zero-order chi connectivity index (χ0) is 24.7. The molecular formula is C28H33F3N2O. The maximum Gasteiger partial charge on any atom is 0.416 e. The van der Waals surface area contributed by atoms with Crippen LogP contribution in [0.4, 0.5) is 13.2 Å². The molecule has 0 spiro atoms. The normalized spacial score (nSPS) is 12.8. The van der Waals surface area contributed by atoms with E-state index in [4.69, 9.17) is 0 Å². The van der Waals surface area contributed by atoms with Crippen LogP contribution in [0.3, 0.4) is 0 Å². The van der Waals surface area contributed by atoms with Gasteiger partial charge in [0.25, 0.3) is 5.91 Å². The van der Waals surface area contributed by atoms with Crippen LogP contribution in [0.1, 0.15) is 55.1 Å². The van der Waals surface area contributed by atoms with Gasteiger partial charge in [-0.05, 0) is 80.0 Å². The first-order chi connectivity index (χ1) is 16.2. The molecule has 3 aromatic carbocycles. The van der Waals surface area contributed by atoms with Gasteiger partial charge in [0.15, 0.2) is 0 Å². The Kier molecular flexibility index (Phi) is 8.72. The molecule has 0 saturated heterocycles. The van der Waals surface area contributed by atoms with Crippen LogP contribution in [0.5, 0.6) is 0 Å². The fraction of sp³-hybridized carbons (Fsp3) is 0.393. The summed E-state index contributed by atoms with van der Waals surface area (Å²) in [5.41, 5.74) is 0.579. The zero-order valence-corrected chi connectivity index (χ0v) is 20.1. The third-order valence-electron chi connectivity index (χ3n) is 6.41. The lowest BCUT2D eigenvalue weighted by molar-refractivity contribution is -0.137. The molecule has 0 aliphatic carbocycles. The molecule has 3 nitrogen and oxygen atoms in total. The van der Waals surface area contributed by atoms with Crippen molar-refractivity contribution in [3.8, 4) is 0 Å². The number of fused-ring (bicyclic) bond motifs is 1. The molecule has 0 aliphatic heterocycles. The van der Waals surface area contributed by atoms with Crippen LogP contribution in [-0.2, 0) is 12.7 Å². The number of carbonyl (C=O) groups excluding carboxylic acids is 1. The molecule has 0 heterocycles. The van der Waals surface area contributed by atoms with E-state index < -0.39 is 11.7 Å². The first kappa shape index (κ1) is 25.8. The summed E-state index contributed by atoms with van der Waals surface area (Å²) in [7, 11) is 0. The first-order valence-corrected chi connectivity index (χ1v) is 11.9. The molecule has 0 fully saturated rings. The number of halogens is 3. The van der Waals surface area contributed by atoms with E-state index in [1.165, 1.54) is 12.1 Å². The first-order valence-electron chi connectivity index (χ1n) is 11.9. The van der Waals surface area contributed by atoms with Crippen molar-refractivity contribution >= 4 is 16.7 Å². The molecule has 1 unspecified atom stereocenters. The van der Waals surface area contributed by atoms with E-state index in [1.54, 1.807) is 4.90 Å². The summed E-state index contributed by atoms with van der Waals surface area (Å²) >= 11 is 0. The van der Waals surface area contributed by atoms with Gasteiger partial charge in [-0.1, -0.05) is 56.3 Å². The maximum absolute atomic E-state index is 13.6. The standard InChI is InChI=1S/C28H33F3N2O/c1-4-32(5-2)18-8-9-21(3)33(20-22-12-16-26(17-13-22)28(29,30)31)27(34)25-15-14-23-10-6-7-11-24(23)19-25/h6-7,10-17,19,21H,4-5,8-9,18,20H2,1-3H3. The Hall–Kier alpha value is -2.86. The minimum Gasteiger partial charge on any atom is -0.332 e. The Morgan fingerprint density at radius 2 is 1.56 bits per heavy atom. The number of alkyl halides is 3. The third kappa shape index (κ3) is 6.60. The highest BCUT2D eigenvalue weighted by Crippen LogP contribution is 2.29. The predicted molar refractivity (Wildman–Crippen MR) is 132 cm³/mol. The second kappa shape index (κ2) is 11.5. The molecule has 0 aliphatic rings. The van der Waals surface area contributed by atoms with Crippen LogP contribution >= 0.6 is 0 Å². The Bertz CT molecular complexity index is 1070. The molecule has 0 N–H and O–H groups in total. The van der Waals surface area contributed by atoms with Gasteiger partial charge >= 0.3 is 6.18 Å². The number of amides is 1. The maximum atomic E-state index is 13.6. The van der Waals surface area contributed by atoms with E-state index in [0.717, 1.165) is 55.4 Å². The van der Waals surface area contributed by atoms with E-state index in [9.17, 15) is 18.0 Å². The predicted octanol–water partition coefficient (Wildman–Crippen LogP) is 7.01. The lowest BCUT2D eigenvalue weighted by Crippen LogP contribution is -2.38. The second-order valence-electron chi connectivity index (χ2n) is 8.71. The van der Waals surface area contributed by atoms with Crippen molar-refractivity contribution in [2.24, 2.45) is 0 Å². The van der Waals surface area contributed by atoms with Gasteiger partial charge in [0.1, 0.15) is 0 Å². The molecule has 0 saturated carbocycles. The van der Waals surface area contributed by atoms with Crippen molar-refractivity contribution in [3.63, 3.8) is 0 Å². The number of nitrogens with zero attached hydrogens (tertiary/aromatic N) is 2. The van der Waals surface area contributed by atoms with E-state index in [0.29, 0.717) is 11.1 Å². The third-order valence-corrected chi connectivity index (χ3v) is 6.41. The average molecular weight is 471 g/mol. The van der Waals surface area contributed by atoms with Gasteiger partial charge in [-0.2, -0.15) is 13.2 Å².